The number of guanidine groups is 1. The Morgan fingerprint density at radius 1 is 1.29 bits per heavy atom. The Balaban J connectivity index is 0.00000280. The molecule has 1 aromatic carbocycles. The lowest BCUT2D eigenvalue weighted by Crippen LogP contribution is -2.49. The molecule has 2 aromatic rings. The predicted molar refractivity (Wildman–Crippen MR) is 118 cm³/mol. The van der Waals surface area contributed by atoms with E-state index >= 15 is 0 Å². The fraction of sp³-hybridized carbons (Fsp3) is 0.500. The van der Waals surface area contributed by atoms with Gasteiger partial charge in [0.25, 0.3) is 0 Å². The lowest BCUT2D eigenvalue weighted by Gasteiger charge is -2.39. The van der Waals surface area contributed by atoms with Gasteiger partial charge in [-0.05, 0) is 43.4 Å². The average Bonchev–Trinajstić information content (AvgIpc) is 3.15. The molecule has 1 fully saturated rings. The number of piperidine rings is 1. The normalized spacial score (nSPS) is 20.0. The summed E-state index contributed by atoms with van der Waals surface area (Å²) in [6.07, 6.45) is 7.25. The molecule has 2 unspecified atom stereocenters. The van der Waals surface area contributed by atoms with Crippen molar-refractivity contribution < 1.29 is 8.78 Å². The highest BCUT2D eigenvalue weighted by atomic mass is 127. The van der Waals surface area contributed by atoms with Gasteiger partial charge in [-0.15, -0.1) is 24.0 Å². The summed E-state index contributed by atoms with van der Waals surface area (Å²) in [6.45, 7) is 7.36. The molecule has 0 radical (unpaired) electrons. The van der Waals surface area contributed by atoms with Crippen LogP contribution in [0.25, 0.3) is 0 Å². The molecule has 0 aliphatic carbocycles. The van der Waals surface area contributed by atoms with Gasteiger partial charge in [0, 0.05) is 44.6 Å². The second kappa shape index (κ2) is 10.7. The zero-order valence-corrected chi connectivity index (χ0v) is 18.6. The van der Waals surface area contributed by atoms with Crippen molar-refractivity contribution in [1.82, 2.24) is 19.8 Å². The summed E-state index contributed by atoms with van der Waals surface area (Å²) in [5.41, 5.74) is 0.621. The van der Waals surface area contributed by atoms with E-state index in [4.69, 9.17) is 4.99 Å². The molecule has 0 amide bonds. The molecule has 2 heterocycles. The van der Waals surface area contributed by atoms with Gasteiger partial charge in [0.1, 0.15) is 11.6 Å². The minimum atomic E-state index is -0.547. The summed E-state index contributed by atoms with van der Waals surface area (Å²) in [5.74, 6) is 0.322. The van der Waals surface area contributed by atoms with Crippen LogP contribution in [0.3, 0.4) is 0 Å². The van der Waals surface area contributed by atoms with E-state index in [1.165, 1.54) is 12.1 Å². The molecule has 3 rings (SSSR count). The van der Waals surface area contributed by atoms with Crippen molar-refractivity contribution in [2.45, 2.75) is 32.7 Å². The summed E-state index contributed by atoms with van der Waals surface area (Å²) >= 11 is 0. The fourth-order valence-corrected chi connectivity index (χ4v) is 3.57. The SMILES string of the molecule is CCNC(=NCCc1cc(F)cc(F)c1)N1CCC(C)C(n2ccnc2)C1.I. The highest BCUT2D eigenvalue weighted by molar-refractivity contribution is 14.0. The van der Waals surface area contributed by atoms with E-state index in [2.05, 4.69) is 26.7 Å². The first-order valence-electron chi connectivity index (χ1n) is 9.52. The molecule has 28 heavy (non-hydrogen) atoms. The molecule has 5 nitrogen and oxygen atoms in total. The highest BCUT2D eigenvalue weighted by Crippen LogP contribution is 2.27. The molecule has 0 spiro atoms. The van der Waals surface area contributed by atoms with Gasteiger partial charge in [-0.1, -0.05) is 6.92 Å². The van der Waals surface area contributed by atoms with Crippen molar-refractivity contribution in [3.63, 3.8) is 0 Å². The Bertz CT molecular complexity index is 746. The number of aliphatic imine (C=N–C) groups is 1. The fourth-order valence-electron chi connectivity index (χ4n) is 3.57. The van der Waals surface area contributed by atoms with Gasteiger partial charge in [-0.2, -0.15) is 0 Å². The molecular weight excluding hydrogens is 475 g/mol. The van der Waals surface area contributed by atoms with Gasteiger partial charge in [0.05, 0.1) is 12.4 Å². The minimum absolute atomic E-state index is 0. The van der Waals surface area contributed by atoms with Crippen molar-refractivity contribution >= 4 is 29.9 Å². The minimum Gasteiger partial charge on any atom is -0.357 e. The molecule has 2 atom stereocenters. The van der Waals surface area contributed by atoms with Gasteiger partial charge in [0.15, 0.2) is 5.96 Å². The van der Waals surface area contributed by atoms with E-state index in [0.29, 0.717) is 30.5 Å². The number of rotatable bonds is 5. The largest absolute Gasteiger partial charge is 0.357 e. The second-order valence-corrected chi connectivity index (χ2v) is 7.05. The van der Waals surface area contributed by atoms with E-state index in [-0.39, 0.29) is 24.0 Å². The lowest BCUT2D eigenvalue weighted by atomic mass is 9.93. The van der Waals surface area contributed by atoms with Crippen molar-refractivity contribution in [3.05, 3.63) is 54.1 Å². The number of hydrogen-bond acceptors (Lipinski definition) is 2. The van der Waals surface area contributed by atoms with Gasteiger partial charge in [-0.3, -0.25) is 4.99 Å². The van der Waals surface area contributed by atoms with Crippen LogP contribution >= 0.6 is 24.0 Å². The maximum atomic E-state index is 13.3. The van der Waals surface area contributed by atoms with Crippen LogP contribution in [0.4, 0.5) is 8.78 Å². The topological polar surface area (TPSA) is 45.5 Å². The molecule has 0 bridgehead atoms. The molecule has 1 saturated heterocycles. The van der Waals surface area contributed by atoms with E-state index in [0.717, 1.165) is 38.1 Å². The van der Waals surface area contributed by atoms with Gasteiger partial charge < -0.3 is 14.8 Å². The number of imidazole rings is 1. The number of benzene rings is 1. The Morgan fingerprint density at radius 2 is 2.04 bits per heavy atom. The Labute approximate surface area is 182 Å². The summed E-state index contributed by atoms with van der Waals surface area (Å²) in [5, 5.41) is 3.34. The van der Waals surface area contributed by atoms with Crippen LogP contribution in [-0.2, 0) is 6.42 Å². The zero-order valence-electron chi connectivity index (χ0n) is 16.3. The zero-order chi connectivity index (χ0) is 19.2. The molecule has 1 aliphatic heterocycles. The number of hydrogen-bond donors (Lipinski definition) is 1. The molecule has 0 saturated carbocycles. The van der Waals surface area contributed by atoms with Crippen LogP contribution in [-0.4, -0.2) is 46.6 Å². The number of nitrogens with one attached hydrogen (secondary N) is 1. The predicted octanol–water partition coefficient (Wildman–Crippen LogP) is 3.87. The van der Waals surface area contributed by atoms with Gasteiger partial charge in [-0.25, -0.2) is 13.8 Å². The van der Waals surface area contributed by atoms with E-state index in [1.54, 1.807) is 0 Å². The van der Waals surface area contributed by atoms with Crippen molar-refractivity contribution in [2.75, 3.05) is 26.2 Å². The van der Waals surface area contributed by atoms with Crippen molar-refractivity contribution in [3.8, 4) is 0 Å². The number of halogens is 3. The van der Waals surface area contributed by atoms with Crippen LogP contribution in [0, 0.1) is 17.6 Å². The van der Waals surface area contributed by atoms with Crippen molar-refractivity contribution in [2.24, 2.45) is 10.9 Å². The maximum Gasteiger partial charge on any atom is 0.193 e. The Morgan fingerprint density at radius 3 is 2.68 bits per heavy atom. The molecular formula is C20H28F2IN5. The average molecular weight is 503 g/mol. The number of aromatic nitrogens is 2. The summed E-state index contributed by atoms with van der Waals surface area (Å²) < 4.78 is 28.8. The van der Waals surface area contributed by atoms with Crippen LogP contribution in [0.1, 0.15) is 31.9 Å². The first kappa shape index (κ1) is 22.6. The van der Waals surface area contributed by atoms with Crippen LogP contribution < -0.4 is 5.32 Å². The lowest BCUT2D eigenvalue weighted by molar-refractivity contribution is 0.189. The van der Waals surface area contributed by atoms with Crippen LogP contribution in [0.2, 0.25) is 0 Å². The summed E-state index contributed by atoms with van der Waals surface area (Å²) in [7, 11) is 0. The Hall–Kier alpha value is -1.71. The van der Waals surface area contributed by atoms with Crippen LogP contribution in [0.5, 0.6) is 0 Å². The molecule has 1 aromatic heterocycles. The molecule has 154 valence electrons. The van der Waals surface area contributed by atoms with E-state index in [9.17, 15) is 8.78 Å². The van der Waals surface area contributed by atoms with Crippen LogP contribution in [0.15, 0.2) is 41.9 Å². The van der Waals surface area contributed by atoms with E-state index in [1.807, 2.05) is 25.6 Å². The monoisotopic (exact) mass is 503 g/mol. The van der Waals surface area contributed by atoms with Crippen molar-refractivity contribution in [1.29, 1.82) is 0 Å². The third-order valence-electron chi connectivity index (χ3n) is 5.05. The first-order chi connectivity index (χ1) is 13.1. The maximum absolute atomic E-state index is 13.3. The summed E-state index contributed by atoms with van der Waals surface area (Å²) in [6, 6.07) is 3.97. The molecule has 8 heteroatoms. The highest BCUT2D eigenvalue weighted by Gasteiger charge is 2.28. The standard InChI is InChI=1S/C20H27F2N5.HI/c1-3-24-20(25-6-4-16-10-17(21)12-18(22)11-16)26-8-5-15(2)19(13-26)27-9-7-23-14-27;/h7,9-12,14-15,19H,3-6,8,13H2,1-2H3,(H,24,25);1H. The summed E-state index contributed by atoms with van der Waals surface area (Å²) in [4.78, 5) is 11.1. The number of likely N-dealkylation sites (tertiary alicyclic amines) is 1. The third-order valence-corrected chi connectivity index (χ3v) is 5.05. The second-order valence-electron chi connectivity index (χ2n) is 7.05. The smallest absolute Gasteiger partial charge is 0.193 e. The molecule has 1 N–H and O–H groups in total. The van der Waals surface area contributed by atoms with Gasteiger partial charge in [0.2, 0.25) is 0 Å². The number of nitrogens with zero attached hydrogens (tertiary/aromatic N) is 4. The first-order valence-corrected chi connectivity index (χ1v) is 9.52. The Kier molecular flexibility index (Phi) is 8.65. The van der Waals surface area contributed by atoms with E-state index < -0.39 is 11.6 Å². The third kappa shape index (κ3) is 5.89. The van der Waals surface area contributed by atoms with Gasteiger partial charge >= 0.3 is 0 Å². The molecule has 1 aliphatic rings. The quantitative estimate of drug-likeness (QED) is 0.383.